The zero-order chi connectivity index (χ0) is 20.7. The van der Waals surface area contributed by atoms with Crippen LogP contribution in [0.5, 0.6) is 0 Å². The molecule has 0 aliphatic carbocycles. The predicted octanol–water partition coefficient (Wildman–Crippen LogP) is 5.57. The number of benzene rings is 1. The SMILES string of the molecule is Fc1cc(C(F)(F)F)cc(C(F)(F)F)c1[C@@H](c1ccc(Cl)s1)N1CCNCC1. The molecule has 0 spiro atoms. The van der Waals surface area contributed by atoms with E-state index < -0.39 is 40.9 Å². The number of hydrogen-bond donors (Lipinski definition) is 1. The van der Waals surface area contributed by atoms with Crippen LogP contribution in [-0.2, 0) is 12.4 Å². The third kappa shape index (κ3) is 4.45. The zero-order valence-corrected chi connectivity index (χ0v) is 15.7. The van der Waals surface area contributed by atoms with E-state index in [1.807, 2.05) is 0 Å². The number of nitrogens with zero attached hydrogens (tertiary/aromatic N) is 1. The summed E-state index contributed by atoms with van der Waals surface area (Å²) in [6.45, 7) is 1.52. The predicted molar refractivity (Wildman–Crippen MR) is 92.0 cm³/mol. The Balaban J connectivity index is 2.23. The third-order valence-corrected chi connectivity index (χ3v) is 5.70. The molecule has 0 unspecified atom stereocenters. The summed E-state index contributed by atoms with van der Waals surface area (Å²) in [5.41, 5.74) is -4.13. The number of piperazine rings is 1. The molecule has 2 nitrogen and oxygen atoms in total. The van der Waals surface area contributed by atoms with Crippen molar-refractivity contribution in [2.24, 2.45) is 0 Å². The fourth-order valence-electron chi connectivity index (χ4n) is 3.21. The first-order chi connectivity index (χ1) is 13.0. The van der Waals surface area contributed by atoms with Crippen molar-refractivity contribution in [1.82, 2.24) is 10.2 Å². The van der Waals surface area contributed by atoms with Crippen LogP contribution in [0.25, 0.3) is 0 Å². The highest BCUT2D eigenvalue weighted by Crippen LogP contribution is 2.45. The number of alkyl halides is 6. The Morgan fingerprint density at radius 3 is 2.14 bits per heavy atom. The van der Waals surface area contributed by atoms with Gasteiger partial charge in [-0.3, -0.25) is 4.90 Å². The molecule has 1 aliphatic rings. The van der Waals surface area contributed by atoms with E-state index in [0.29, 0.717) is 31.1 Å². The van der Waals surface area contributed by atoms with E-state index in [1.165, 1.54) is 12.1 Å². The van der Waals surface area contributed by atoms with Crippen LogP contribution >= 0.6 is 22.9 Å². The average molecular weight is 447 g/mol. The second kappa shape index (κ2) is 7.81. The largest absolute Gasteiger partial charge is 0.416 e. The number of nitrogens with one attached hydrogen (secondary N) is 1. The minimum atomic E-state index is -5.16. The molecule has 1 saturated heterocycles. The van der Waals surface area contributed by atoms with E-state index in [4.69, 9.17) is 11.6 Å². The Morgan fingerprint density at radius 2 is 1.64 bits per heavy atom. The highest BCUT2D eigenvalue weighted by atomic mass is 35.5. The van der Waals surface area contributed by atoms with Crippen LogP contribution in [0, 0.1) is 5.82 Å². The second-order valence-corrected chi connectivity index (χ2v) is 7.99. The maximum absolute atomic E-state index is 14.8. The second-order valence-electron chi connectivity index (χ2n) is 6.25. The molecule has 1 aromatic heterocycles. The minimum Gasteiger partial charge on any atom is -0.314 e. The van der Waals surface area contributed by atoms with Gasteiger partial charge in [-0.2, -0.15) is 26.3 Å². The van der Waals surface area contributed by atoms with Gasteiger partial charge in [0, 0.05) is 36.6 Å². The first-order valence-corrected chi connectivity index (χ1v) is 9.36. The molecule has 0 amide bonds. The van der Waals surface area contributed by atoms with E-state index in [1.54, 1.807) is 4.90 Å². The molecule has 154 valence electrons. The molecule has 28 heavy (non-hydrogen) atoms. The molecular formula is C17H14ClF7N2S. The highest BCUT2D eigenvalue weighted by Gasteiger charge is 2.43. The maximum atomic E-state index is 14.8. The van der Waals surface area contributed by atoms with Gasteiger partial charge in [-0.05, 0) is 24.3 Å². The normalized spacial score (nSPS) is 17.7. The number of rotatable bonds is 3. The van der Waals surface area contributed by atoms with Gasteiger partial charge in [-0.15, -0.1) is 11.3 Å². The van der Waals surface area contributed by atoms with Gasteiger partial charge in [0.05, 0.1) is 21.5 Å². The molecule has 1 aliphatic heterocycles. The lowest BCUT2D eigenvalue weighted by Crippen LogP contribution is -2.45. The van der Waals surface area contributed by atoms with Crippen molar-refractivity contribution in [3.8, 4) is 0 Å². The van der Waals surface area contributed by atoms with Crippen LogP contribution in [0.1, 0.15) is 27.6 Å². The maximum Gasteiger partial charge on any atom is 0.416 e. The van der Waals surface area contributed by atoms with Crippen molar-refractivity contribution in [1.29, 1.82) is 0 Å². The summed E-state index contributed by atoms with van der Waals surface area (Å²) < 4.78 is 95.0. The number of halogens is 8. The Kier molecular flexibility index (Phi) is 5.96. The summed E-state index contributed by atoms with van der Waals surface area (Å²) in [4.78, 5) is 1.94. The van der Waals surface area contributed by atoms with Crippen molar-refractivity contribution in [2.75, 3.05) is 26.2 Å². The van der Waals surface area contributed by atoms with E-state index >= 15 is 0 Å². The molecule has 0 saturated carbocycles. The monoisotopic (exact) mass is 446 g/mol. The van der Waals surface area contributed by atoms with Crippen LogP contribution in [-0.4, -0.2) is 31.1 Å². The molecule has 1 atom stereocenters. The van der Waals surface area contributed by atoms with E-state index in [-0.39, 0.29) is 16.5 Å². The fourth-order valence-corrected chi connectivity index (χ4v) is 4.42. The van der Waals surface area contributed by atoms with Crippen LogP contribution in [0.3, 0.4) is 0 Å². The molecule has 1 aromatic carbocycles. The highest BCUT2D eigenvalue weighted by molar-refractivity contribution is 7.16. The van der Waals surface area contributed by atoms with Gasteiger partial charge in [0.1, 0.15) is 5.82 Å². The first kappa shape index (κ1) is 21.4. The van der Waals surface area contributed by atoms with Crippen molar-refractivity contribution in [3.63, 3.8) is 0 Å². The van der Waals surface area contributed by atoms with Gasteiger partial charge in [0.2, 0.25) is 0 Å². The van der Waals surface area contributed by atoms with Gasteiger partial charge >= 0.3 is 12.4 Å². The van der Waals surface area contributed by atoms with Gasteiger partial charge in [0.15, 0.2) is 0 Å². The Hall–Kier alpha value is -1.36. The van der Waals surface area contributed by atoms with Crippen LogP contribution in [0.2, 0.25) is 4.34 Å². The van der Waals surface area contributed by atoms with Gasteiger partial charge in [-0.1, -0.05) is 11.6 Å². The first-order valence-electron chi connectivity index (χ1n) is 8.16. The summed E-state index contributed by atoms with van der Waals surface area (Å²) in [6.07, 6.45) is -10.3. The van der Waals surface area contributed by atoms with Gasteiger partial charge in [0.25, 0.3) is 0 Å². The lowest BCUT2D eigenvalue weighted by Gasteiger charge is -2.36. The van der Waals surface area contributed by atoms with Crippen molar-refractivity contribution in [3.05, 3.63) is 56.0 Å². The number of thiophene rings is 1. The van der Waals surface area contributed by atoms with E-state index in [2.05, 4.69) is 5.32 Å². The molecular weight excluding hydrogens is 433 g/mol. The quantitative estimate of drug-likeness (QED) is 0.620. The molecule has 2 aromatic rings. The topological polar surface area (TPSA) is 15.3 Å². The molecule has 11 heteroatoms. The standard InChI is InChI=1S/C17H14ClF7N2S/c18-13-2-1-12(28-13)15(27-5-3-26-4-6-27)14-10(17(23,24)25)7-9(8-11(14)19)16(20,21)22/h1-2,7-8,15,26H,3-6H2/t15-/m1/s1. The van der Waals surface area contributed by atoms with Crippen molar-refractivity contribution < 1.29 is 30.7 Å². The summed E-state index contributed by atoms with van der Waals surface area (Å²) in [5.74, 6) is -1.55. The van der Waals surface area contributed by atoms with Crippen molar-refractivity contribution >= 4 is 22.9 Å². The summed E-state index contributed by atoms with van der Waals surface area (Å²) in [6, 6.07) is 1.83. The number of hydrogen-bond acceptors (Lipinski definition) is 3. The van der Waals surface area contributed by atoms with Crippen molar-refractivity contribution in [2.45, 2.75) is 18.4 Å². The van der Waals surface area contributed by atoms with E-state index in [0.717, 1.165) is 11.3 Å². The molecule has 0 bridgehead atoms. The molecule has 1 N–H and O–H groups in total. The molecule has 3 rings (SSSR count). The zero-order valence-electron chi connectivity index (χ0n) is 14.1. The molecule has 1 fully saturated rings. The minimum absolute atomic E-state index is 0.0250. The Bertz CT molecular complexity index is 841. The fraction of sp³-hybridized carbons (Fsp3) is 0.412. The van der Waals surface area contributed by atoms with Crippen LogP contribution in [0.4, 0.5) is 30.7 Å². The van der Waals surface area contributed by atoms with Crippen LogP contribution in [0.15, 0.2) is 24.3 Å². The lowest BCUT2D eigenvalue weighted by molar-refractivity contribution is -0.144. The van der Waals surface area contributed by atoms with Gasteiger partial charge < -0.3 is 5.32 Å². The summed E-state index contributed by atoms with van der Waals surface area (Å²) in [7, 11) is 0. The summed E-state index contributed by atoms with van der Waals surface area (Å²) in [5, 5.41) is 3.04. The Labute approximate surface area is 164 Å². The Morgan fingerprint density at radius 1 is 1.00 bits per heavy atom. The third-order valence-electron chi connectivity index (χ3n) is 4.42. The smallest absolute Gasteiger partial charge is 0.314 e. The van der Waals surface area contributed by atoms with E-state index in [9.17, 15) is 30.7 Å². The molecule has 0 radical (unpaired) electrons. The average Bonchev–Trinajstić information content (AvgIpc) is 3.01. The summed E-state index contributed by atoms with van der Waals surface area (Å²) >= 11 is 6.88. The molecule has 2 heterocycles. The lowest BCUT2D eigenvalue weighted by atomic mass is 9.93. The van der Waals surface area contributed by atoms with Crippen LogP contribution < -0.4 is 5.32 Å². The van der Waals surface area contributed by atoms with Gasteiger partial charge in [-0.25, -0.2) is 4.39 Å².